The van der Waals surface area contributed by atoms with Gasteiger partial charge in [0, 0.05) is 7.05 Å². The molecule has 1 aromatic rings. The lowest BCUT2D eigenvalue weighted by Crippen LogP contribution is -2.07. The van der Waals surface area contributed by atoms with Gasteiger partial charge in [-0.3, -0.25) is 0 Å². The summed E-state index contributed by atoms with van der Waals surface area (Å²) in [6.45, 7) is 2.42. The second-order valence-electron chi connectivity index (χ2n) is 3.31. The first-order chi connectivity index (χ1) is 7.49. The van der Waals surface area contributed by atoms with E-state index in [-0.39, 0.29) is 0 Å². The highest BCUT2D eigenvalue weighted by atomic mass is 19.4. The van der Waals surface area contributed by atoms with Gasteiger partial charge in [0.05, 0.1) is 17.9 Å². The van der Waals surface area contributed by atoms with Gasteiger partial charge in [-0.05, 0) is 24.6 Å². The third-order valence-electron chi connectivity index (χ3n) is 2.04. The van der Waals surface area contributed by atoms with Gasteiger partial charge in [-0.15, -0.1) is 0 Å². The molecule has 0 radical (unpaired) electrons. The van der Waals surface area contributed by atoms with Crippen LogP contribution in [0.4, 0.5) is 18.9 Å². The molecule has 0 aliphatic heterocycles. The molecule has 0 bridgehead atoms. The number of hydrogen-bond acceptors (Lipinski definition) is 2. The van der Waals surface area contributed by atoms with E-state index in [1.165, 1.54) is 6.07 Å². The molecule has 16 heavy (non-hydrogen) atoms. The Balaban J connectivity index is 2.97. The molecule has 1 N–H and O–H groups in total. The van der Waals surface area contributed by atoms with Gasteiger partial charge in [0.2, 0.25) is 0 Å². The molecule has 0 aliphatic carbocycles. The Labute approximate surface area is 92.4 Å². The second-order valence-corrected chi connectivity index (χ2v) is 3.31. The fraction of sp³-hybridized carbons (Fsp3) is 0.455. The van der Waals surface area contributed by atoms with E-state index < -0.39 is 11.7 Å². The quantitative estimate of drug-likeness (QED) is 0.858. The predicted molar refractivity (Wildman–Crippen MR) is 56.8 cm³/mol. The minimum Gasteiger partial charge on any atom is -0.491 e. The fourth-order valence-electron chi connectivity index (χ4n) is 1.24. The van der Waals surface area contributed by atoms with Gasteiger partial charge in [0.25, 0.3) is 0 Å². The Morgan fingerprint density at radius 2 is 2.00 bits per heavy atom. The van der Waals surface area contributed by atoms with Gasteiger partial charge in [0.1, 0.15) is 5.75 Å². The van der Waals surface area contributed by atoms with Crippen molar-refractivity contribution in [3.8, 4) is 5.75 Å². The van der Waals surface area contributed by atoms with Crippen LogP contribution in [0.2, 0.25) is 0 Å². The van der Waals surface area contributed by atoms with Crippen LogP contribution < -0.4 is 10.1 Å². The van der Waals surface area contributed by atoms with E-state index in [0.29, 0.717) is 18.0 Å². The molecule has 1 aromatic carbocycles. The number of ether oxygens (including phenoxy) is 1. The van der Waals surface area contributed by atoms with Crippen molar-refractivity contribution in [2.45, 2.75) is 19.5 Å². The van der Waals surface area contributed by atoms with E-state index >= 15 is 0 Å². The molecule has 0 amide bonds. The van der Waals surface area contributed by atoms with Gasteiger partial charge in [-0.25, -0.2) is 0 Å². The van der Waals surface area contributed by atoms with E-state index in [9.17, 15) is 13.2 Å². The van der Waals surface area contributed by atoms with Crippen molar-refractivity contribution in [2.24, 2.45) is 0 Å². The van der Waals surface area contributed by atoms with Gasteiger partial charge >= 0.3 is 6.18 Å². The SMILES string of the molecule is CCCOc1ccc(C(F)(F)F)cc1NC. The maximum atomic E-state index is 12.4. The molecule has 0 saturated heterocycles. The first-order valence-corrected chi connectivity index (χ1v) is 5.00. The summed E-state index contributed by atoms with van der Waals surface area (Å²) in [5.74, 6) is 0.442. The Morgan fingerprint density at radius 3 is 2.50 bits per heavy atom. The molecule has 0 aliphatic rings. The third kappa shape index (κ3) is 3.05. The highest BCUT2D eigenvalue weighted by molar-refractivity contribution is 5.58. The maximum absolute atomic E-state index is 12.4. The van der Waals surface area contributed by atoms with Crippen molar-refractivity contribution in [3.63, 3.8) is 0 Å². The van der Waals surface area contributed by atoms with Crippen LogP contribution >= 0.6 is 0 Å². The van der Waals surface area contributed by atoms with E-state index in [0.717, 1.165) is 18.6 Å². The average Bonchev–Trinajstić information content (AvgIpc) is 2.24. The van der Waals surface area contributed by atoms with Crippen LogP contribution in [0, 0.1) is 0 Å². The van der Waals surface area contributed by atoms with Crippen molar-refractivity contribution in [2.75, 3.05) is 19.0 Å². The van der Waals surface area contributed by atoms with Crippen LogP contribution in [0.3, 0.4) is 0 Å². The smallest absolute Gasteiger partial charge is 0.416 e. The van der Waals surface area contributed by atoms with Crippen molar-refractivity contribution < 1.29 is 17.9 Å². The van der Waals surface area contributed by atoms with E-state index in [1.807, 2.05) is 6.92 Å². The molecule has 90 valence electrons. The molecule has 0 saturated carbocycles. The molecule has 0 unspecified atom stereocenters. The minimum absolute atomic E-state index is 0.350. The maximum Gasteiger partial charge on any atom is 0.416 e. The van der Waals surface area contributed by atoms with Crippen LogP contribution in [0.5, 0.6) is 5.75 Å². The normalized spacial score (nSPS) is 11.3. The largest absolute Gasteiger partial charge is 0.491 e. The highest BCUT2D eigenvalue weighted by Gasteiger charge is 2.31. The number of rotatable bonds is 4. The topological polar surface area (TPSA) is 21.3 Å². The average molecular weight is 233 g/mol. The van der Waals surface area contributed by atoms with Crippen molar-refractivity contribution in [1.82, 2.24) is 0 Å². The summed E-state index contributed by atoms with van der Waals surface area (Å²) in [6.07, 6.45) is -3.51. The molecule has 5 heteroatoms. The Morgan fingerprint density at radius 1 is 1.31 bits per heavy atom. The molecule has 0 aromatic heterocycles. The zero-order valence-electron chi connectivity index (χ0n) is 9.19. The van der Waals surface area contributed by atoms with E-state index in [2.05, 4.69) is 5.32 Å². The lowest BCUT2D eigenvalue weighted by molar-refractivity contribution is -0.137. The number of anilines is 1. The van der Waals surface area contributed by atoms with Gasteiger partial charge in [0.15, 0.2) is 0 Å². The zero-order chi connectivity index (χ0) is 12.2. The van der Waals surface area contributed by atoms with E-state index in [1.54, 1.807) is 7.05 Å². The summed E-state index contributed by atoms with van der Waals surface area (Å²) in [7, 11) is 1.56. The van der Waals surface area contributed by atoms with Gasteiger partial charge < -0.3 is 10.1 Å². The second kappa shape index (κ2) is 5.09. The summed E-state index contributed by atoms with van der Waals surface area (Å²) >= 11 is 0. The number of hydrogen-bond donors (Lipinski definition) is 1. The van der Waals surface area contributed by atoms with Crippen LogP contribution in [0.1, 0.15) is 18.9 Å². The Hall–Kier alpha value is -1.39. The Bertz CT molecular complexity index is 350. The molecular weight excluding hydrogens is 219 g/mol. The predicted octanol–water partition coefficient (Wildman–Crippen LogP) is 3.54. The van der Waals surface area contributed by atoms with Gasteiger partial charge in [-0.2, -0.15) is 13.2 Å². The van der Waals surface area contributed by atoms with Gasteiger partial charge in [-0.1, -0.05) is 6.92 Å². The lowest BCUT2D eigenvalue weighted by atomic mass is 10.2. The molecule has 0 spiro atoms. The Kier molecular flexibility index (Phi) is 4.04. The molecule has 0 fully saturated rings. The standard InChI is InChI=1S/C11H14F3NO/c1-3-6-16-10-5-4-8(11(12,13)14)7-9(10)15-2/h4-5,7,15H,3,6H2,1-2H3. The third-order valence-corrected chi connectivity index (χ3v) is 2.04. The van der Waals surface area contributed by atoms with Crippen molar-refractivity contribution in [1.29, 1.82) is 0 Å². The first kappa shape index (κ1) is 12.7. The molecule has 0 atom stereocenters. The summed E-state index contributed by atoms with van der Waals surface area (Å²) in [6, 6.07) is 3.40. The summed E-state index contributed by atoms with van der Waals surface area (Å²) in [5.41, 5.74) is -0.330. The monoisotopic (exact) mass is 233 g/mol. The van der Waals surface area contributed by atoms with Crippen molar-refractivity contribution in [3.05, 3.63) is 23.8 Å². The highest BCUT2D eigenvalue weighted by Crippen LogP contribution is 2.34. The van der Waals surface area contributed by atoms with Crippen LogP contribution in [-0.4, -0.2) is 13.7 Å². The number of nitrogens with one attached hydrogen (secondary N) is 1. The summed E-state index contributed by atoms with van der Waals surface area (Å²) in [4.78, 5) is 0. The molecular formula is C11H14F3NO. The van der Waals surface area contributed by atoms with Crippen LogP contribution in [0.25, 0.3) is 0 Å². The summed E-state index contributed by atoms with van der Waals surface area (Å²) in [5, 5.41) is 2.69. The number of halogens is 3. The van der Waals surface area contributed by atoms with Crippen molar-refractivity contribution >= 4 is 5.69 Å². The number of benzene rings is 1. The number of alkyl halides is 3. The minimum atomic E-state index is -4.32. The summed E-state index contributed by atoms with van der Waals surface area (Å²) < 4.78 is 42.6. The fourth-order valence-corrected chi connectivity index (χ4v) is 1.24. The van der Waals surface area contributed by atoms with E-state index in [4.69, 9.17) is 4.74 Å². The molecule has 2 nitrogen and oxygen atoms in total. The van der Waals surface area contributed by atoms with Crippen LogP contribution in [-0.2, 0) is 6.18 Å². The lowest BCUT2D eigenvalue weighted by Gasteiger charge is -2.13. The zero-order valence-corrected chi connectivity index (χ0v) is 9.19. The van der Waals surface area contributed by atoms with Crippen LogP contribution in [0.15, 0.2) is 18.2 Å². The molecule has 0 heterocycles. The first-order valence-electron chi connectivity index (χ1n) is 5.00. The molecule has 1 rings (SSSR count).